The molecule has 0 atom stereocenters. The molecule has 0 unspecified atom stereocenters. The smallest absolute Gasteiger partial charge is 0.377 e. The van der Waals surface area contributed by atoms with Crippen molar-refractivity contribution < 1.29 is 26.6 Å². The molecule has 0 aromatic heterocycles. The van der Waals surface area contributed by atoms with Crippen molar-refractivity contribution in [3.8, 4) is 0 Å². The Labute approximate surface area is 106 Å². The van der Waals surface area contributed by atoms with Crippen LogP contribution in [0.1, 0.15) is 6.42 Å². The van der Waals surface area contributed by atoms with E-state index in [1.807, 2.05) is 0 Å². The Balaban J connectivity index is 4.28. The summed E-state index contributed by atoms with van der Waals surface area (Å²) in [5.74, 6) is 0. The summed E-state index contributed by atoms with van der Waals surface area (Å²) in [4.78, 5) is 0. The van der Waals surface area contributed by atoms with Gasteiger partial charge in [0.25, 0.3) is 0 Å². The fourth-order valence-electron chi connectivity index (χ4n) is 1.63. The molecule has 8 heteroatoms. The van der Waals surface area contributed by atoms with Gasteiger partial charge in [-0.25, -0.2) is 0 Å². The Morgan fingerprint density at radius 1 is 0.529 bits per heavy atom. The van der Waals surface area contributed by atoms with Crippen LogP contribution in [0.3, 0.4) is 0 Å². The van der Waals surface area contributed by atoms with Gasteiger partial charge in [0.2, 0.25) is 0 Å². The molecule has 0 heterocycles. The zero-order chi connectivity index (χ0) is 13.4. The van der Waals surface area contributed by atoms with Gasteiger partial charge >= 0.3 is 17.6 Å². The first-order chi connectivity index (χ1) is 8.07. The molecule has 0 aromatic carbocycles. The molecule has 0 fully saturated rings. The molecule has 0 aliphatic rings. The second kappa shape index (κ2) is 8.32. The van der Waals surface area contributed by atoms with E-state index in [0.29, 0.717) is 12.1 Å². The normalized spacial score (nSPS) is 13.1. The Morgan fingerprint density at radius 2 is 0.765 bits per heavy atom. The van der Waals surface area contributed by atoms with Crippen molar-refractivity contribution in [3.05, 3.63) is 0 Å². The molecule has 0 saturated heterocycles. The summed E-state index contributed by atoms with van der Waals surface area (Å²) in [6, 6.07) is 1.42. The minimum atomic E-state index is -2.50. The van der Waals surface area contributed by atoms with Crippen LogP contribution in [0.15, 0.2) is 0 Å². The summed E-state index contributed by atoms with van der Waals surface area (Å²) in [6.07, 6.45) is 0.809. The van der Waals surface area contributed by atoms with Crippen molar-refractivity contribution in [3.63, 3.8) is 0 Å². The largest absolute Gasteiger partial charge is 0.500 e. The van der Waals surface area contributed by atoms with Gasteiger partial charge in [0, 0.05) is 54.7 Å². The summed E-state index contributed by atoms with van der Waals surface area (Å²) >= 11 is 0. The summed E-state index contributed by atoms with van der Waals surface area (Å²) in [5.41, 5.74) is 0. The van der Waals surface area contributed by atoms with Crippen LogP contribution in [0, 0.1) is 0 Å². The predicted octanol–water partition coefficient (Wildman–Crippen LogP) is 1.13. The maximum absolute atomic E-state index is 5.34. The van der Waals surface area contributed by atoms with Crippen molar-refractivity contribution in [2.24, 2.45) is 0 Å². The predicted molar refractivity (Wildman–Crippen MR) is 67.8 cm³/mol. The quantitative estimate of drug-likeness (QED) is 0.561. The van der Waals surface area contributed by atoms with E-state index in [9.17, 15) is 0 Å². The van der Waals surface area contributed by atoms with Crippen molar-refractivity contribution in [1.29, 1.82) is 0 Å². The van der Waals surface area contributed by atoms with Crippen molar-refractivity contribution in [1.82, 2.24) is 0 Å². The molecule has 0 aliphatic carbocycles. The first kappa shape index (κ1) is 17.2. The van der Waals surface area contributed by atoms with E-state index in [1.54, 1.807) is 42.7 Å². The van der Waals surface area contributed by atoms with Gasteiger partial charge in [-0.2, -0.15) is 0 Å². The second-order valence-electron chi connectivity index (χ2n) is 3.44. The second-order valence-corrected chi connectivity index (χ2v) is 9.63. The molecule has 0 aliphatic heterocycles. The zero-order valence-electron chi connectivity index (χ0n) is 11.6. The molecule has 0 rings (SSSR count). The van der Waals surface area contributed by atoms with Crippen LogP contribution in [0.4, 0.5) is 0 Å². The van der Waals surface area contributed by atoms with Crippen LogP contribution >= 0.6 is 0 Å². The number of rotatable bonds is 10. The van der Waals surface area contributed by atoms with E-state index in [4.69, 9.17) is 26.6 Å². The Kier molecular flexibility index (Phi) is 8.42. The highest BCUT2D eigenvalue weighted by Gasteiger charge is 2.42. The molecule has 17 heavy (non-hydrogen) atoms. The molecule has 104 valence electrons. The molecule has 0 saturated carbocycles. The molecule has 0 aromatic rings. The maximum atomic E-state index is 5.34. The first-order valence-electron chi connectivity index (χ1n) is 5.38. The van der Waals surface area contributed by atoms with E-state index in [-0.39, 0.29) is 0 Å². The lowest BCUT2D eigenvalue weighted by atomic mass is 10.6. The van der Waals surface area contributed by atoms with E-state index in [2.05, 4.69) is 0 Å². The summed E-state index contributed by atoms with van der Waals surface area (Å²) in [6.45, 7) is 0. The monoisotopic (exact) mass is 284 g/mol. The van der Waals surface area contributed by atoms with Gasteiger partial charge in [-0.15, -0.1) is 0 Å². The topological polar surface area (TPSA) is 55.4 Å². The van der Waals surface area contributed by atoms with Gasteiger partial charge in [0.05, 0.1) is 0 Å². The fourth-order valence-corrected chi connectivity index (χ4v) is 5.43. The first-order valence-corrected chi connectivity index (χ1v) is 9.25. The van der Waals surface area contributed by atoms with Crippen LogP contribution in [0.5, 0.6) is 0 Å². The molecule has 0 N–H and O–H groups in total. The molecular formula is C9H24O6Si2. The molecule has 0 radical (unpaired) electrons. The van der Waals surface area contributed by atoms with Crippen LogP contribution in [-0.4, -0.2) is 60.3 Å². The third kappa shape index (κ3) is 4.75. The summed E-state index contributed by atoms with van der Waals surface area (Å²) in [5, 5.41) is 0. The van der Waals surface area contributed by atoms with Gasteiger partial charge < -0.3 is 26.6 Å². The lowest BCUT2D eigenvalue weighted by Gasteiger charge is -2.27. The van der Waals surface area contributed by atoms with Crippen LogP contribution in [0.25, 0.3) is 0 Å². The van der Waals surface area contributed by atoms with Gasteiger partial charge in [-0.1, -0.05) is 0 Å². The third-order valence-electron chi connectivity index (χ3n) is 2.83. The fraction of sp³-hybridized carbons (Fsp3) is 1.00. The van der Waals surface area contributed by atoms with E-state index in [0.717, 1.165) is 6.42 Å². The van der Waals surface area contributed by atoms with Crippen LogP contribution in [0.2, 0.25) is 12.1 Å². The minimum Gasteiger partial charge on any atom is -0.377 e. The van der Waals surface area contributed by atoms with E-state index in [1.165, 1.54) is 0 Å². The Morgan fingerprint density at radius 3 is 0.941 bits per heavy atom. The van der Waals surface area contributed by atoms with Gasteiger partial charge in [0.15, 0.2) is 0 Å². The van der Waals surface area contributed by atoms with Gasteiger partial charge in [0.1, 0.15) is 0 Å². The third-order valence-corrected chi connectivity index (χ3v) is 8.50. The summed E-state index contributed by atoms with van der Waals surface area (Å²) in [7, 11) is 4.62. The van der Waals surface area contributed by atoms with Crippen molar-refractivity contribution in [2.75, 3.05) is 42.7 Å². The SMILES string of the molecule is CO[Si](CCC[Si](OC)(OC)OC)(OC)OC. The minimum absolute atomic E-state index is 0.710. The molecule has 0 spiro atoms. The van der Waals surface area contributed by atoms with Gasteiger partial charge in [-0.05, 0) is 6.42 Å². The van der Waals surface area contributed by atoms with Crippen molar-refractivity contribution in [2.45, 2.75) is 18.5 Å². The van der Waals surface area contributed by atoms with Crippen LogP contribution in [-0.2, 0) is 26.6 Å². The van der Waals surface area contributed by atoms with Crippen molar-refractivity contribution >= 4 is 17.6 Å². The standard InChI is InChI=1S/C9H24O6Si2/c1-10-16(11-2,12-3)8-7-9-17(13-4,14-5)15-6/h7-9H2,1-6H3. The number of hydrogen-bond acceptors (Lipinski definition) is 6. The molecule has 0 amide bonds. The highest BCUT2D eigenvalue weighted by atomic mass is 28.4. The number of hydrogen-bond donors (Lipinski definition) is 0. The molecular weight excluding hydrogens is 260 g/mol. The highest BCUT2D eigenvalue weighted by Crippen LogP contribution is 2.22. The maximum Gasteiger partial charge on any atom is 0.500 e. The average molecular weight is 284 g/mol. The Hall–Kier alpha value is 0.194. The van der Waals surface area contributed by atoms with Gasteiger partial charge in [-0.3, -0.25) is 0 Å². The highest BCUT2D eigenvalue weighted by molar-refractivity contribution is 6.62. The Bertz CT molecular complexity index is 159. The van der Waals surface area contributed by atoms with E-state index >= 15 is 0 Å². The van der Waals surface area contributed by atoms with Crippen LogP contribution < -0.4 is 0 Å². The zero-order valence-corrected chi connectivity index (χ0v) is 13.6. The lowest BCUT2D eigenvalue weighted by Crippen LogP contribution is -2.45. The lowest BCUT2D eigenvalue weighted by molar-refractivity contribution is 0.116. The molecule has 0 bridgehead atoms. The average Bonchev–Trinajstić information content (AvgIpc) is 2.41. The van der Waals surface area contributed by atoms with E-state index < -0.39 is 17.6 Å². The molecule has 6 nitrogen and oxygen atoms in total. The summed E-state index contributed by atoms with van der Waals surface area (Å²) < 4.78 is 32.0.